The third-order valence-corrected chi connectivity index (χ3v) is 3.71. The summed E-state index contributed by atoms with van der Waals surface area (Å²) in [5.74, 6) is 0.902. The highest BCUT2D eigenvalue weighted by Crippen LogP contribution is 2.27. The molecule has 17 heavy (non-hydrogen) atoms. The zero-order valence-electron chi connectivity index (χ0n) is 10.9. The zero-order chi connectivity index (χ0) is 12.1. The van der Waals surface area contributed by atoms with Gasteiger partial charge in [-0.3, -0.25) is 0 Å². The van der Waals surface area contributed by atoms with Gasteiger partial charge in [-0.05, 0) is 49.4 Å². The number of nitrogens with two attached hydrogens (primary N) is 1. The van der Waals surface area contributed by atoms with Crippen molar-refractivity contribution in [2.24, 2.45) is 5.92 Å². The summed E-state index contributed by atoms with van der Waals surface area (Å²) in [5.41, 5.74) is 7.93. The lowest BCUT2D eigenvalue weighted by Gasteiger charge is -2.27. The predicted octanol–water partition coefficient (Wildman–Crippen LogP) is 3.68. The van der Waals surface area contributed by atoms with E-state index in [4.69, 9.17) is 5.73 Å². The van der Waals surface area contributed by atoms with Crippen molar-refractivity contribution in [3.63, 3.8) is 0 Å². The molecule has 0 aromatic heterocycles. The summed E-state index contributed by atoms with van der Waals surface area (Å²) < 4.78 is 0. The fourth-order valence-corrected chi connectivity index (χ4v) is 2.79. The van der Waals surface area contributed by atoms with Gasteiger partial charge in [-0.25, -0.2) is 0 Å². The molecule has 0 saturated heterocycles. The smallest absolute Gasteiger partial charge is 0.0367 e. The monoisotopic (exact) mass is 232 g/mol. The van der Waals surface area contributed by atoms with Gasteiger partial charge in [0.2, 0.25) is 0 Å². The van der Waals surface area contributed by atoms with E-state index >= 15 is 0 Å². The van der Waals surface area contributed by atoms with Gasteiger partial charge in [-0.1, -0.05) is 19.8 Å². The van der Waals surface area contributed by atoms with E-state index in [0.29, 0.717) is 0 Å². The zero-order valence-corrected chi connectivity index (χ0v) is 10.9. The molecule has 0 spiro atoms. The molecule has 94 valence electrons. The van der Waals surface area contributed by atoms with E-state index in [1.807, 2.05) is 12.1 Å². The Hall–Kier alpha value is -1.18. The summed E-state index contributed by atoms with van der Waals surface area (Å²) in [5, 5.41) is 0. The number of anilines is 2. The van der Waals surface area contributed by atoms with Crippen LogP contribution >= 0.6 is 0 Å². The standard InChI is InChI=1S/C15H24N2/c1-2-11-17(12-13-5-3-4-6-13)15-9-7-14(16)8-10-15/h7-10,13H,2-6,11-12,16H2,1H3. The van der Waals surface area contributed by atoms with Crippen molar-refractivity contribution >= 4 is 11.4 Å². The van der Waals surface area contributed by atoms with Gasteiger partial charge in [0.05, 0.1) is 0 Å². The van der Waals surface area contributed by atoms with Crippen LogP contribution in [0.2, 0.25) is 0 Å². The van der Waals surface area contributed by atoms with E-state index in [0.717, 1.165) is 18.2 Å². The Kier molecular flexibility index (Phi) is 4.29. The van der Waals surface area contributed by atoms with Crippen LogP contribution in [0.4, 0.5) is 11.4 Å². The summed E-state index contributed by atoms with van der Waals surface area (Å²) in [7, 11) is 0. The van der Waals surface area contributed by atoms with Crippen LogP contribution in [-0.4, -0.2) is 13.1 Å². The van der Waals surface area contributed by atoms with Gasteiger partial charge in [-0.15, -0.1) is 0 Å². The van der Waals surface area contributed by atoms with Gasteiger partial charge in [0.25, 0.3) is 0 Å². The van der Waals surface area contributed by atoms with Crippen molar-refractivity contribution in [1.29, 1.82) is 0 Å². The number of rotatable bonds is 5. The van der Waals surface area contributed by atoms with Crippen molar-refractivity contribution in [3.05, 3.63) is 24.3 Å². The first-order chi connectivity index (χ1) is 8.29. The van der Waals surface area contributed by atoms with Crippen molar-refractivity contribution in [2.75, 3.05) is 23.7 Å². The van der Waals surface area contributed by atoms with Crippen molar-refractivity contribution in [2.45, 2.75) is 39.0 Å². The predicted molar refractivity (Wildman–Crippen MR) is 75.3 cm³/mol. The molecular weight excluding hydrogens is 208 g/mol. The summed E-state index contributed by atoms with van der Waals surface area (Å²) in [6.45, 7) is 4.62. The molecule has 0 radical (unpaired) electrons. The summed E-state index contributed by atoms with van der Waals surface area (Å²) in [6.07, 6.45) is 6.88. The van der Waals surface area contributed by atoms with E-state index in [-0.39, 0.29) is 0 Å². The fourth-order valence-electron chi connectivity index (χ4n) is 2.79. The van der Waals surface area contributed by atoms with Crippen LogP contribution in [0.1, 0.15) is 39.0 Å². The van der Waals surface area contributed by atoms with Crippen LogP contribution in [0.25, 0.3) is 0 Å². The molecule has 0 atom stereocenters. The number of nitrogen functional groups attached to an aromatic ring is 1. The van der Waals surface area contributed by atoms with Crippen molar-refractivity contribution < 1.29 is 0 Å². The van der Waals surface area contributed by atoms with Gasteiger partial charge in [0.1, 0.15) is 0 Å². The summed E-state index contributed by atoms with van der Waals surface area (Å²) in [4.78, 5) is 2.52. The van der Waals surface area contributed by atoms with Gasteiger partial charge in [0.15, 0.2) is 0 Å². The molecule has 2 nitrogen and oxygen atoms in total. The van der Waals surface area contributed by atoms with Gasteiger partial charge >= 0.3 is 0 Å². The van der Waals surface area contributed by atoms with Crippen LogP contribution in [0.15, 0.2) is 24.3 Å². The lowest BCUT2D eigenvalue weighted by molar-refractivity contribution is 0.529. The Balaban J connectivity index is 2.02. The van der Waals surface area contributed by atoms with Crippen LogP contribution in [0.3, 0.4) is 0 Å². The average molecular weight is 232 g/mol. The van der Waals surface area contributed by atoms with Crippen LogP contribution in [0, 0.1) is 5.92 Å². The van der Waals surface area contributed by atoms with E-state index < -0.39 is 0 Å². The fraction of sp³-hybridized carbons (Fsp3) is 0.600. The molecule has 2 heteroatoms. The molecule has 1 saturated carbocycles. The minimum absolute atomic E-state index is 0.853. The SMILES string of the molecule is CCCN(CC1CCCC1)c1ccc(N)cc1. The van der Waals surface area contributed by atoms with Gasteiger partial charge < -0.3 is 10.6 Å². The topological polar surface area (TPSA) is 29.3 Å². The van der Waals surface area contributed by atoms with Crippen LogP contribution < -0.4 is 10.6 Å². The van der Waals surface area contributed by atoms with Crippen molar-refractivity contribution in [1.82, 2.24) is 0 Å². The second-order valence-electron chi connectivity index (χ2n) is 5.19. The molecule has 1 aliphatic carbocycles. The third kappa shape index (κ3) is 3.39. The lowest BCUT2D eigenvalue weighted by atomic mass is 10.1. The number of hydrogen-bond acceptors (Lipinski definition) is 2. The molecule has 2 N–H and O–H groups in total. The Morgan fingerprint density at radius 3 is 2.41 bits per heavy atom. The highest BCUT2D eigenvalue weighted by molar-refractivity contribution is 5.53. The Morgan fingerprint density at radius 1 is 1.18 bits per heavy atom. The number of benzene rings is 1. The molecule has 0 aliphatic heterocycles. The number of hydrogen-bond donors (Lipinski definition) is 1. The van der Waals surface area contributed by atoms with Gasteiger partial charge in [0, 0.05) is 24.5 Å². The highest BCUT2D eigenvalue weighted by atomic mass is 15.1. The Bertz CT molecular complexity index is 325. The molecular formula is C15H24N2. The molecule has 1 aromatic carbocycles. The molecule has 1 aliphatic rings. The second kappa shape index (κ2) is 5.95. The third-order valence-electron chi connectivity index (χ3n) is 3.71. The average Bonchev–Trinajstić information content (AvgIpc) is 2.82. The Labute approximate surface area is 105 Å². The van der Waals surface area contributed by atoms with E-state index in [2.05, 4.69) is 24.0 Å². The molecule has 2 rings (SSSR count). The number of nitrogens with zero attached hydrogens (tertiary/aromatic N) is 1. The quantitative estimate of drug-likeness (QED) is 0.785. The second-order valence-corrected chi connectivity index (χ2v) is 5.19. The van der Waals surface area contributed by atoms with E-state index in [1.54, 1.807) is 0 Å². The first-order valence-corrected chi connectivity index (χ1v) is 6.90. The van der Waals surface area contributed by atoms with Crippen molar-refractivity contribution in [3.8, 4) is 0 Å². The van der Waals surface area contributed by atoms with E-state index in [1.165, 1.54) is 44.3 Å². The van der Waals surface area contributed by atoms with E-state index in [9.17, 15) is 0 Å². The minimum atomic E-state index is 0.853. The van der Waals surface area contributed by atoms with Gasteiger partial charge in [-0.2, -0.15) is 0 Å². The highest BCUT2D eigenvalue weighted by Gasteiger charge is 2.18. The molecule has 0 bridgehead atoms. The Morgan fingerprint density at radius 2 is 1.82 bits per heavy atom. The largest absolute Gasteiger partial charge is 0.399 e. The first-order valence-electron chi connectivity index (χ1n) is 6.90. The summed E-state index contributed by atoms with van der Waals surface area (Å²) >= 11 is 0. The van der Waals surface area contributed by atoms with Crippen LogP contribution in [0.5, 0.6) is 0 Å². The first kappa shape index (κ1) is 12.3. The summed E-state index contributed by atoms with van der Waals surface area (Å²) in [6, 6.07) is 8.32. The lowest BCUT2D eigenvalue weighted by Crippen LogP contribution is -2.29. The molecule has 1 aromatic rings. The molecule has 0 unspecified atom stereocenters. The molecule has 1 fully saturated rings. The maximum atomic E-state index is 5.75. The normalized spacial score (nSPS) is 16.3. The maximum Gasteiger partial charge on any atom is 0.0367 e. The molecule has 0 heterocycles. The minimum Gasteiger partial charge on any atom is -0.399 e. The molecule has 0 amide bonds. The maximum absolute atomic E-state index is 5.75. The van der Waals surface area contributed by atoms with Crippen LogP contribution in [-0.2, 0) is 0 Å².